The fraction of sp³-hybridized carbons (Fsp3) is 0.250. The number of ether oxygens (including phenoxy) is 1. The van der Waals surface area contributed by atoms with Gasteiger partial charge in [0.2, 0.25) is 5.88 Å². The number of carbonyl (C=O) groups is 1. The van der Waals surface area contributed by atoms with E-state index in [2.05, 4.69) is 15.6 Å². The summed E-state index contributed by atoms with van der Waals surface area (Å²) in [6.07, 6.45) is 2.50. The quantitative estimate of drug-likeness (QED) is 0.854. The monoisotopic (exact) mass is 285 g/mol. The Kier molecular flexibility index (Phi) is 5.58. The van der Waals surface area contributed by atoms with Crippen molar-refractivity contribution >= 4 is 6.03 Å². The van der Waals surface area contributed by atoms with Gasteiger partial charge in [0.1, 0.15) is 0 Å². The highest BCUT2D eigenvalue weighted by molar-refractivity contribution is 5.73. The third-order valence-corrected chi connectivity index (χ3v) is 3.00. The lowest BCUT2D eigenvalue weighted by Gasteiger charge is -2.08. The molecule has 0 bridgehead atoms. The second-order valence-electron chi connectivity index (χ2n) is 4.55. The van der Waals surface area contributed by atoms with Gasteiger partial charge in [0.25, 0.3) is 0 Å². The van der Waals surface area contributed by atoms with Gasteiger partial charge in [-0.2, -0.15) is 0 Å². The Balaban J connectivity index is 1.67. The van der Waals surface area contributed by atoms with Crippen LogP contribution in [0.1, 0.15) is 11.1 Å². The second-order valence-corrected chi connectivity index (χ2v) is 4.55. The van der Waals surface area contributed by atoms with E-state index in [0.29, 0.717) is 19.0 Å². The minimum Gasteiger partial charge on any atom is -0.481 e. The third kappa shape index (κ3) is 5.14. The van der Waals surface area contributed by atoms with Crippen LogP contribution >= 0.6 is 0 Å². The smallest absolute Gasteiger partial charge is 0.315 e. The normalized spacial score (nSPS) is 9.95. The lowest BCUT2D eigenvalue weighted by Crippen LogP contribution is -2.36. The molecule has 0 radical (unpaired) electrons. The number of hydrogen-bond acceptors (Lipinski definition) is 3. The van der Waals surface area contributed by atoms with Crippen LogP contribution in [-0.2, 0) is 13.0 Å². The molecule has 0 saturated heterocycles. The average Bonchev–Trinajstić information content (AvgIpc) is 2.54. The van der Waals surface area contributed by atoms with Gasteiger partial charge in [0.15, 0.2) is 0 Å². The van der Waals surface area contributed by atoms with Crippen molar-refractivity contribution < 1.29 is 9.53 Å². The molecule has 0 fully saturated rings. The van der Waals surface area contributed by atoms with E-state index in [-0.39, 0.29) is 6.03 Å². The maximum absolute atomic E-state index is 11.7. The zero-order valence-corrected chi connectivity index (χ0v) is 12.0. The molecule has 5 nitrogen and oxygen atoms in total. The number of aromatic nitrogens is 1. The largest absolute Gasteiger partial charge is 0.481 e. The van der Waals surface area contributed by atoms with Crippen LogP contribution in [0.4, 0.5) is 4.79 Å². The molecule has 0 aliphatic heterocycles. The molecular weight excluding hydrogens is 266 g/mol. The topological polar surface area (TPSA) is 63.2 Å². The second kappa shape index (κ2) is 7.89. The zero-order valence-electron chi connectivity index (χ0n) is 12.0. The summed E-state index contributed by atoms with van der Waals surface area (Å²) in [5, 5.41) is 5.62. The Labute approximate surface area is 124 Å². The molecule has 1 heterocycles. The van der Waals surface area contributed by atoms with Crippen LogP contribution in [-0.4, -0.2) is 24.7 Å². The number of methoxy groups -OCH3 is 1. The Morgan fingerprint density at radius 1 is 1.10 bits per heavy atom. The molecule has 2 aromatic rings. The van der Waals surface area contributed by atoms with E-state index in [4.69, 9.17) is 4.74 Å². The summed E-state index contributed by atoms with van der Waals surface area (Å²) in [4.78, 5) is 15.7. The predicted octanol–water partition coefficient (Wildman–Crippen LogP) is 2.13. The van der Waals surface area contributed by atoms with Gasteiger partial charge in [0.05, 0.1) is 7.11 Å². The van der Waals surface area contributed by atoms with Gasteiger partial charge < -0.3 is 15.4 Å². The minimum absolute atomic E-state index is 0.179. The maximum atomic E-state index is 11.7. The molecule has 0 atom stereocenters. The van der Waals surface area contributed by atoms with Gasteiger partial charge in [-0.05, 0) is 17.5 Å². The van der Waals surface area contributed by atoms with Gasteiger partial charge in [0, 0.05) is 25.4 Å². The summed E-state index contributed by atoms with van der Waals surface area (Å²) in [5.74, 6) is 0.561. The van der Waals surface area contributed by atoms with Crippen LogP contribution < -0.4 is 15.4 Å². The molecule has 0 aliphatic rings. The molecule has 0 saturated carbocycles. The Morgan fingerprint density at radius 3 is 2.57 bits per heavy atom. The molecule has 110 valence electrons. The molecule has 0 spiro atoms. The van der Waals surface area contributed by atoms with Crippen LogP contribution in [0.5, 0.6) is 5.88 Å². The molecule has 2 rings (SSSR count). The summed E-state index contributed by atoms with van der Waals surface area (Å²) in [6, 6.07) is 13.5. The van der Waals surface area contributed by atoms with Gasteiger partial charge in [-0.1, -0.05) is 36.4 Å². The number of benzene rings is 1. The van der Waals surface area contributed by atoms with E-state index in [0.717, 1.165) is 12.0 Å². The first-order valence-electron chi connectivity index (χ1n) is 6.82. The average molecular weight is 285 g/mol. The predicted molar refractivity (Wildman–Crippen MR) is 81.2 cm³/mol. The first kappa shape index (κ1) is 14.8. The number of hydrogen-bond donors (Lipinski definition) is 2. The number of amides is 2. The highest BCUT2D eigenvalue weighted by Gasteiger charge is 2.01. The van der Waals surface area contributed by atoms with Crippen LogP contribution in [0.25, 0.3) is 0 Å². The van der Waals surface area contributed by atoms with Gasteiger partial charge in [-0.25, -0.2) is 9.78 Å². The highest BCUT2D eigenvalue weighted by Crippen LogP contribution is 2.06. The molecule has 1 aromatic carbocycles. The number of carbonyl (C=O) groups excluding carboxylic acids is 1. The summed E-state index contributed by atoms with van der Waals surface area (Å²) < 4.78 is 4.98. The molecule has 0 unspecified atom stereocenters. The number of urea groups is 1. The lowest BCUT2D eigenvalue weighted by atomic mass is 10.1. The van der Waals surface area contributed by atoms with E-state index in [1.54, 1.807) is 19.4 Å². The fourth-order valence-electron chi connectivity index (χ4n) is 1.85. The first-order chi connectivity index (χ1) is 10.3. The Bertz CT molecular complexity index is 555. The van der Waals surface area contributed by atoms with Crippen molar-refractivity contribution in [2.24, 2.45) is 0 Å². The number of rotatable bonds is 6. The summed E-state index contributed by atoms with van der Waals surface area (Å²) in [5.41, 5.74) is 2.13. The van der Waals surface area contributed by atoms with Crippen LogP contribution in [0.2, 0.25) is 0 Å². The van der Waals surface area contributed by atoms with Crippen molar-refractivity contribution in [1.29, 1.82) is 0 Å². The summed E-state index contributed by atoms with van der Waals surface area (Å²) in [7, 11) is 1.57. The molecule has 2 N–H and O–H groups in total. The number of nitrogens with one attached hydrogen (secondary N) is 2. The molecule has 0 aliphatic carbocycles. The van der Waals surface area contributed by atoms with Crippen molar-refractivity contribution in [3.63, 3.8) is 0 Å². The van der Waals surface area contributed by atoms with Crippen molar-refractivity contribution in [3.05, 3.63) is 59.8 Å². The van der Waals surface area contributed by atoms with Gasteiger partial charge in [-0.15, -0.1) is 0 Å². The molecule has 5 heteroatoms. The first-order valence-corrected chi connectivity index (χ1v) is 6.82. The van der Waals surface area contributed by atoms with E-state index >= 15 is 0 Å². The minimum atomic E-state index is -0.179. The van der Waals surface area contributed by atoms with E-state index in [9.17, 15) is 4.79 Å². The van der Waals surface area contributed by atoms with E-state index < -0.39 is 0 Å². The Morgan fingerprint density at radius 2 is 1.90 bits per heavy atom. The van der Waals surface area contributed by atoms with Crippen molar-refractivity contribution in [3.8, 4) is 5.88 Å². The van der Waals surface area contributed by atoms with E-state index in [1.165, 1.54) is 5.56 Å². The third-order valence-electron chi connectivity index (χ3n) is 3.00. The molecule has 2 amide bonds. The van der Waals surface area contributed by atoms with Crippen molar-refractivity contribution in [2.45, 2.75) is 13.0 Å². The fourth-order valence-corrected chi connectivity index (χ4v) is 1.85. The zero-order chi connectivity index (χ0) is 14.9. The van der Waals surface area contributed by atoms with Crippen LogP contribution in [0, 0.1) is 0 Å². The van der Waals surface area contributed by atoms with E-state index in [1.807, 2.05) is 36.4 Å². The van der Waals surface area contributed by atoms with Crippen LogP contribution in [0.3, 0.4) is 0 Å². The Hall–Kier alpha value is -2.56. The standard InChI is InChI=1S/C16H19N3O2/c1-21-15-8-7-14(11-18-15)12-19-16(20)17-10-9-13-5-3-2-4-6-13/h2-8,11H,9-10,12H2,1H3,(H2,17,19,20). The van der Waals surface area contributed by atoms with Gasteiger partial charge in [-0.3, -0.25) is 0 Å². The maximum Gasteiger partial charge on any atom is 0.315 e. The number of nitrogens with zero attached hydrogens (tertiary/aromatic N) is 1. The van der Waals surface area contributed by atoms with Crippen molar-refractivity contribution in [1.82, 2.24) is 15.6 Å². The summed E-state index contributed by atoms with van der Waals surface area (Å²) in [6.45, 7) is 1.05. The van der Waals surface area contributed by atoms with Crippen LogP contribution in [0.15, 0.2) is 48.7 Å². The van der Waals surface area contributed by atoms with Gasteiger partial charge >= 0.3 is 6.03 Å². The molecule has 1 aromatic heterocycles. The summed E-state index contributed by atoms with van der Waals surface area (Å²) >= 11 is 0. The lowest BCUT2D eigenvalue weighted by molar-refractivity contribution is 0.240. The number of pyridine rings is 1. The molecular formula is C16H19N3O2. The van der Waals surface area contributed by atoms with Crippen molar-refractivity contribution in [2.75, 3.05) is 13.7 Å². The SMILES string of the molecule is COc1ccc(CNC(=O)NCCc2ccccc2)cn1. The molecule has 21 heavy (non-hydrogen) atoms. The highest BCUT2D eigenvalue weighted by atomic mass is 16.5.